The van der Waals surface area contributed by atoms with Gasteiger partial charge in [0.1, 0.15) is 0 Å². The van der Waals surface area contributed by atoms with Gasteiger partial charge in [-0.2, -0.15) is 0 Å². The fourth-order valence-corrected chi connectivity index (χ4v) is 2.27. The number of piperidine rings is 1. The van der Waals surface area contributed by atoms with Gasteiger partial charge in [-0.25, -0.2) is 4.79 Å². The SMILES string of the molecule is C=CC(=O)N1CCCC2(CC(C(=O)O)=NO2)C1. The van der Waals surface area contributed by atoms with Crippen molar-refractivity contribution in [1.29, 1.82) is 0 Å². The highest BCUT2D eigenvalue weighted by molar-refractivity contribution is 6.36. The van der Waals surface area contributed by atoms with Gasteiger partial charge in [0, 0.05) is 13.0 Å². The number of rotatable bonds is 2. The molecule has 0 aliphatic carbocycles. The van der Waals surface area contributed by atoms with Crippen molar-refractivity contribution in [3.05, 3.63) is 12.7 Å². The first-order valence-electron chi connectivity index (χ1n) is 5.46. The van der Waals surface area contributed by atoms with Crippen LogP contribution in [0.3, 0.4) is 0 Å². The Kier molecular flexibility index (Phi) is 2.87. The summed E-state index contributed by atoms with van der Waals surface area (Å²) < 4.78 is 0. The van der Waals surface area contributed by atoms with Crippen LogP contribution in [0.5, 0.6) is 0 Å². The Bertz CT molecular complexity index is 404. The van der Waals surface area contributed by atoms with Gasteiger partial charge in [-0.05, 0) is 18.9 Å². The Labute approximate surface area is 98.5 Å². The largest absolute Gasteiger partial charge is 0.477 e. The van der Waals surface area contributed by atoms with E-state index >= 15 is 0 Å². The Morgan fingerprint density at radius 1 is 1.59 bits per heavy atom. The van der Waals surface area contributed by atoms with Crippen molar-refractivity contribution in [2.45, 2.75) is 24.9 Å². The van der Waals surface area contributed by atoms with Crippen LogP contribution in [0.4, 0.5) is 0 Å². The summed E-state index contributed by atoms with van der Waals surface area (Å²) >= 11 is 0. The number of likely N-dealkylation sites (tertiary alicyclic amines) is 1. The molecule has 1 amide bonds. The maximum atomic E-state index is 11.5. The normalized spacial score (nSPS) is 27.5. The van der Waals surface area contributed by atoms with Gasteiger partial charge in [0.15, 0.2) is 11.3 Å². The number of aliphatic carboxylic acids is 1. The van der Waals surface area contributed by atoms with E-state index in [0.29, 0.717) is 19.5 Å². The summed E-state index contributed by atoms with van der Waals surface area (Å²) in [7, 11) is 0. The summed E-state index contributed by atoms with van der Waals surface area (Å²) in [5, 5.41) is 12.4. The molecule has 0 radical (unpaired) electrons. The predicted octanol–water partition coefficient (Wildman–Crippen LogP) is 0.394. The quantitative estimate of drug-likeness (QED) is 0.706. The number of hydrogen-bond acceptors (Lipinski definition) is 4. The molecular weight excluding hydrogens is 224 g/mol. The zero-order chi connectivity index (χ0) is 12.5. The van der Waals surface area contributed by atoms with E-state index in [2.05, 4.69) is 11.7 Å². The van der Waals surface area contributed by atoms with Crippen LogP contribution in [0.2, 0.25) is 0 Å². The summed E-state index contributed by atoms with van der Waals surface area (Å²) in [5.41, 5.74) is -0.622. The monoisotopic (exact) mass is 238 g/mol. The number of carbonyl (C=O) groups is 2. The van der Waals surface area contributed by atoms with E-state index in [4.69, 9.17) is 9.94 Å². The van der Waals surface area contributed by atoms with Crippen molar-refractivity contribution in [2.24, 2.45) is 5.16 Å². The molecule has 6 nitrogen and oxygen atoms in total. The lowest BCUT2D eigenvalue weighted by atomic mass is 9.88. The zero-order valence-electron chi connectivity index (χ0n) is 9.39. The van der Waals surface area contributed by atoms with Gasteiger partial charge in [-0.3, -0.25) is 4.79 Å². The molecular formula is C11H14N2O4. The van der Waals surface area contributed by atoms with Gasteiger partial charge in [0.05, 0.1) is 6.54 Å². The van der Waals surface area contributed by atoms with Crippen LogP contribution in [0, 0.1) is 0 Å². The van der Waals surface area contributed by atoms with E-state index in [9.17, 15) is 9.59 Å². The first-order valence-corrected chi connectivity index (χ1v) is 5.46. The van der Waals surface area contributed by atoms with Gasteiger partial charge in [0.2, 0.25) is 5.91 Å². The van der Waals surface area contributed by atoms with Gasteiger partial charge < -0.3 is 14.8 Å². The van der Waals surface area contributed by atoms with Crippen LogP contribution in [-0.4, -0.2) is 46.3 Å². The summed E-state index contributed by atoms with van der Waals surface area (Å²) in [6.45, 7) is 4.46. The van der Waals surface area contributed by atoms with Gasteiger partial charge in [-0.1, -0.05) is 11.7 Å². The molecule has 0 aromatic carbocycles. The molecule has 0 aromatic rings. The molecule has 2 rings (SSSR count). The number of oxime groups is 1. The maximum Gasteiger partial charge on any atom is 0.353 e. The third kappa shape index (κ3) is 2.15. The van der Waals surface area contributed by atoms with Crippen molar-refractivity contribution < 1.29 is 19.5 Å². The van der Waals surface area contributed by atoms with E-state index in [1.54, 1.807) is 4.90 Å². The molecule has 17 heavy (non-hydrogen) atoms. The molecule has 2 aliphatic rings. The lowest BCUT2D eigenvalue weighted by molar-refractivity contribution is -0.135. The molecule has 2 aliphatic heterocycles. The highest BCUT2D eigenvalue weighted by Crippen LogP contribution is 2.33. The minimum atomic E-state index is -1.06. The van der Waals surface area contributed by atoms with Crippen LogP contribution in [0.25, 0.3) is 0 Å². The molecule has 0 aromatic heterocycles. The molecule has 1 saturated heterocycles. The fraction of sp³-hybridized carbons (Fsp3) is 0.545. The van der Waals surface area contributed by atoms with Crippen LogP contribution < -0.4 is 0 Å². The standard InChI is InChI=1S/C11H14N2O4/c1-2-9(14)13-5-3-4-11(7-13)6-8(10(15)16)12-17-11/h2H,1,3-7H2,(H,15,16). The molecule has 1 atom stereocenters. The number of carboxylic acids is 1. The number of hydrogen-bond donors (Lipinski definition) is 1. The zero-order valence-corrected chi connectivity index (χ0v) is 9.39. The summed E-state index contributed by atoms with van der Waals surface area (Å²) in [6, 6.07) is 0. The highest BCUT2D eigenvalue weighted by atomic mass is 16.7. The summed E-state index contributed by atoms with van der Waals surface area (Å²) in [4.78, 5) is 29.2. The molecule has 0 saturated carbocycles. The smallest absolute Gasteiger partial charge is 0.353 e. The molecule has 92 valence electrons. The van der Waals surface area contributed by atoms with Gasteiger partial charge >= 0.3 is 5.97 Å². The fourth-order valence-electron chi connectivity index (χ4n) is 2.27. The second kappa shape index (κ2) is 4.20. The van der Waals surface area contributed by atoms with Crippen molar-refractivity contribution in [2.75, 3.05) is 13.1 Å². The van der Waals surface area contributed by atoms with E-state index in [1.165, 1.54) is 6.08 Å². The molecule has 0 bridgehead atoms. The van der Waals surface area contributed by atoms with Crippen LogP contribution in [0.1, 0.15) is 19.3 Å². The number of nitrogens with zero attached hydrogens (tertiary/aromatic N) is 2. The van der Waals surface area contributed by atoms with Crippen molar-refractivity contribution >= 4 is 17.6 Å². The molecule has 1 fully saturated rings. The minimum Gasteiger partial charge on any atom is -0.477 e. The lowest BCUT2D eigenvalue weighted by Crippen LogP contribution is -2.50. The van der Waals surface area contributed by atoms with Crippen molar-refractivity contribution in [3.63, 3.8) is 0 Å². The molecule has 1 N–H and O–H groups in total. The average molecular weight is 238 g/mol. The van der Waals surface area contributed by atoms with Crippen LogP contribution in [0.15, 0.2) is 17.8 Å². The van der Waals surface area contributed by atoms with Gasteiger partial charge in [0.25, 0.3) is 0 Å². The van der Waals surface area contributed by atoms with E-state index in [-0.39, 0.29) is 18.0 Å². The van der Waals surface area contributed by atoms with E-state index in [1.807, 2.05) is 0 Å². The van der Waals surface area contributed by atoms with Crippen molar-refractivity contribution in [1.82, 2.24) is 4.90 Å². The number of carboxylic acid groups (broad SMARTS) is 1. The maximum absolute atomic E-state index is 11.5. The lowest BCUT2D eigenvalue weighted by Gasteiger charge is -2.37. The second-order valence-electron chi connectivity index (χ2n) is 4.36. The highest BCUT2D eigenvalue weighted by Gasteiger charge is 2.45. The third-order valence-electron chi connectivity index (χ3n) is 3.11. The van der Waals surface area contributed by atoms with E-state index < -0.39 is 11.6 Å². The van der Waals surface area contributed by atoms with Crippen molar-refractivity contribution in [3.8, 4) is 0 Å². The predicted molar refractivity (Wildman–Crippen MR) is 59.5 cm³/mol. The Balaban J connectivity index is 2.06. The second-order valence-corrected chi connectivity index (χ2v) is 4.36. The molecule has 1 unspecified atom stereocenters. The van der Waals surface area contributed by atoms with Crippen LogP contribution in [-0.2, 0) is 14.4 Å². The Hall–Kier alpha value is -1.85. The Morgan fingerprint density at radius 2 is 2.35 bits per heavy atom. The van der Waals surface area contributed by atoms with E-state index in [0.717, 1.165) is 6.42 Å². The molecule has 2 heterocycles. The topological polar surface area (TPSA) is 79.2 Å². The minimum absolute atomic E-state index is 0.0258. The number of amides is 1. The first kappa shape index (κ1) is 11.6. The average Bonchev–Trinajstić information content (AvgIpc) is 2.72. The molecule has 1 spiro atoms. The summed E-state index contributed by atoms with van der Waals surface area (Å²) in [5.74, 6) is -1.22. The number of carbonyl (C=O) groups excluding carboxylic acids is 1. The Morgan fingerprint density at radius 3 is 2.94 bits per heavy atom. The van der Waals surface area contributed by atoms with Gasteiger partial charge in [-0.15, -0.1) is 0 Å². The third-order valence-corrected chi connectivity index (χ3v) is 3.11. The molecule has 6 heteroatoms. The first-order chi connectivity index (χ1) is 8.06. The summed E-state index contributed by atoms with van der Waals surface area (Å²) in [6.07, 6.45) is 3.01. The van der Waals surface area contributed by atoms with Crippen LogP contribution >= 0.6 is 0 Å².